The molecule has 0 amide bonds. The molecular weight excluding hydrogens is 206 g/mol. The second-order valence-corrected chi connectivity index (χ2v) is 3.86. The van der Waals surface area contributed by atoms with Crippen molar-refractivity contribution >= 4 is 23.5 Å². The first kappa shape index (κ1) is 9.93. The summed E-state index contributed by atoms with van der Waals surface area (Å²) in [6.07, 6.45) is 4.03. The van der Waals surface area contributed by atoms with Crippen molar-refractivity contribution in [3.63, 3.8) is 0 Å². The van der Waals surface area contributed by atoms with Crippen molar-refractivity contribution < 1.29 is 4.74 Å². The molecule has 0 saturated heterocycles. The molecule has 0 N–H and O–H groups in total. The van der Waals surface area contributed by atoms with Gasteiger partial charge < -0.3 is 4.74 Å². The summed E-state index contributed by atoms with van der Waals surface area (Å²) in [7, 11) is 1.62. The lowest BCUT2D eigenvalue weighted by Crippen LogP contribution is -1.80. The summed E-state index contributed by atoms with van der Waals surface area (Å²) in [4.78, 5) is 4.25. The van der Waals surface area contributed by atoms with E-state index in [1.54, 1.807) is 18.4 Å². The van der Waals surface area contributed by atoms with Crippen LogP contribution in [-0.2, 0) is 0 Å². The molecule has 15 heavy (non-hydrogen) atoms. The van der Waals surface area contributed by atoms with E-state index in [1.807, 2.05) is 35.7 Å². The fourth-order valence-electron chi connectivity index (χ4n) is 1.17. The number of methoxy groups -OCH3 is 1. The molecule has 0 atom stereocenters. The second-order valence-electron chi connectivity index (χ2n) is 2.97. The van der Waals surface area contributed by atoms with Crippen LogP contribution in [0.15, 0.2) is 35.7 Å². The van der Waals surface area contributed by atoms with E-state index in [9.17, 15) is 0 Å². The Balaban J connectivity index is 2.11. The van der Waals surface area contributed by atoms with Crippen LogP contribution in [0.3, 0.4) is 0 Å². The molecular formula is C12H11NOS. The molecule has 2 aromatic rings. The topological polar surface area (TPSA) is 22.1 Å². The summed E-state index contributed by atoms with van der Waals surface area (Å²) >= 11 is 1.57. The van der Waals surface area contributed by atoms with Crippen molar-refractivity contribution in [2.45, 2.75) is 0 Å². The number of aromatic nitrogens is 1. The number of rotatable bonds is 3. The molecule has 2 nitrogen and oxygen atoms in total. The van der Waals surface area contributed by atoms with Crippen LogP contribution in [0.4, 0.5) is 0 Å². The minimum absolute atomic E-state index is 0.674. The Kier molecular flexibility index (Phi) is 3.15. The molecule has 0 spiro atoms. The lowest BCUT2D eigenvalue weighted by Gasteiger charge is -1.90. The molecule has 2 rings (SSSR count). The van der Waals surface area contributed by atoms with E-state index in [0.29, 0.717) is 5.88 Å². The van der Waals surface area contributed by atoms with Gasteiger partial charge in [0.15, 0.2) is 0 Å². The predicted molar refractivity (Wildman–Crippen MR) is 64.0 cm³/mol. The van der Waals surface area contributed by atoms with Gasteiger partial charge in [0, 0.05) is 0 Å². The van der Waals surface area contributed by atoms with Gasteiger partial charge in [0.05, 0.1) is 12.5 Å². The largest absolute Gasteiger partial charge is 0.480 e. The Hall–Kier alpha value is -1.61. The van der Waals surface area contributed by atoms with E-state index in [0.717, 1.165) is 5.01 Å². The van der Waals surface area contributed by atoms with E-state index >= 15 is 0 Å². The van der Waals surface area contributed by atoms with Gasteiger partial charge in [0.2, 0.25) is 5.88 Å². The van der Waals surface area contributed by atoms with Gasteiger partial charge in [0.25, 0.3) is 0 Å². The zero-order valence-corrected chi connectivity index (χ0v) is 9.20. The third-order valence-electron chi connectivity index (χ3n) is 1.93. The Morgan fingerprint density at radius 3 is 2.67 bits per heavy atom. The summed E-state index contributed by atoms with van der Waals surface area (Å²) in [6, 6.07) is 10.1. The molecule has 1 aromatic heterocycles. The summed E-state index contributed by atoms with van der Waals surface area (Å²) in [5.41, 5.74) is 1.17. The summed E-state index contributed by atoms with van der Waals surface area (Å²) in [5, 5.41) is 2.85. The number of thiazole rings is 1. The molecule has 1 aromatic carbocycles. The van der Waals surface area contributed by atoms with Crippen LogP contribution < -0.4 is 4.74 Å². The minimum atomic E-state index is 0.674. The summed E-state index contributed by atoms with van der Waals surface area (Å²) in [5.74, 6) is 0.674. The van der Waals surface area contributed by atoms with Gasteiger partial charge in [-0.15, -0.1) is 11.3 Å². The van der Waals surface area contributed by atoms with Crippen LogP contribution >= 0.6 is 11.3 Å². The van der Waals surface area contributed by atoms with Crippen LogP contribution in [0, 0.1) is 0 Å². The quantitative estimate of drug-likeness (QED) is 0.786. The van der Waals surface area contributed by atoms with Crippen molar-refractivity contribution in [1.82, 2.24) is 4.98 Å². The smallest absolute Gasteiger partial charge is 0.224 e. The third kappa shape index (κ3) is 2.67. The average molecular weight is 217 g/mol. The molecule has 0 radical (unpaired) electrons. The minimum Gasteiger partial charge on any atom is -0.480 e. The maximum atomic E-state index is 5.01. The average Bonchev–Trinajstić information content (AvgIpc) is 2.76. The van der Waals surface area contributed by atoms with Gasteiger partial charge in [-0.1, -0.05) is 36.4 Å². The lowest BCUT2D eigenvalue weighted by molar-refractivity contribution is 0.400. The normalized spacial score (nSPS) is 10.7. The number of nitrogens with zero attached hydrogens (tertiary/aromatic N) is 1. The highest BCUT2D eigenvalue weighted by atomic mass is 32.1. The van der Waals surface area contributed by atoms with E-state index < -0.39 is 0 Å². The maximum Gasteiger partial charge on any atom is 0.224 e. The van der Waals surface area contributed by atoms with Gasteiger partial charge in [-0.2, -0.15) is 0 Å². The molecule has 0 aliphatic carbocycles. The Morgan fingerprint density at radius 2 is 2.00 bits per heavy atom. The van der Waals surface area contributed by atoms with Crippen LogP contribution in [0.5, 0.6) is 5.88 Å². The molecule has 0 fully saturated rings. The van der Waals surface area contributed by atoms with Crippen LogP contribution in [-0.4, -0.2) is 12.1 Å². The summed E-state index contributed by atoms with van der Waals surface area (Å²) in [6.45, 7) is 0. The number of benzene rings is 1. The molecule has 1 heterocycles. The Morgan fingerprint density at radius 1 is 1.20 bits per heavy atom. The van der Waals surface area contributed by atoms with Gasteiger partial charge in [-0.25, -0.2) is 4.98 Å². The van der Waals surface area contributed by atoms with Gasteiger partial charge in [0.1, 0.15) is 5.01 Å². The van der Waals surface area contributed by atoms with E-state index in [-0.39, 0.29) is 0 Å². The highest BCUT2D eigenvalue weighted by Crippen LogP contribution is 2.18. The van der Waals surface area contributed by atoms with E-state index in [2.05, 4.69) is 17.1 Å². The lowest BCUT2D eigenvalue weighted by atomic mass is 10.2. The molecule has 3 heteroatoms. The third-order valence-corrected chi connectivity index (χ3v) is 2.72. The summed E-state index contributed by atoms with van der Waals surface area (Å²) < 4.78 is 5.01. The maximum absolute atomic E-state index is 5.01. The second kappa shape index (κ2) is 4.75. The van der Waals surface area contributed by atoms with Crippen molar-refractivity contribution in [3.05, 3.63) is 46.3 Å². The fraction of sp³-hybridized carbons (Fsp3) is 0.0833. The first-order chi connectivity index (χ1) is 7.38. The van der Waals surface area contributed by atoms with Crippen LogP contribution in [0.1, 0.15) is 10.6 Å². The SMILES string of the molecule is COc1csc(C=Cc2ccccc2)n1. The molecule has 76 valence electrons. The van der Waals surface area contributed by atoms with E-state index in [1.165, 1.54) is 5.56 Å². The predicted octanol–water partition coefficient (Wildman–Crippen LogP) is 3.32. The number of hydrogen-bond donors (Lipinski definition) is 0. The zero-order valence-electron chi connectivity index (χ0n) is 8.38. The van der Waals surface area contributed by atoms with Crippen LogP contribution in [0.25, 0.3) is 12.2 Å². The standard InChI is InChI=1S/C12H11NOS/c1-14-11-9-15-12(13-11)8-7-10-5-3-2-4-6-10/h2-9H,1H3. The monoisotopic (exact) mass is 217 g/mol. The van der Waals surface area contributed by atoms with Gasteiger partial charge >= 0.3 is 0 Å². The highest BCUT2D eigenvalue weighted by molar-refractivity contribution is 7.10. The molecule has 0 unspecified atom stereocenters. The molecule has 0 aliphatic rings. The molecule has 0 saturated carbocycles. The highest BCUT2D eigenvalue weighted by Gasteiger charge is 1.96. The molecule has 0 bridgehead atoms. The van der Waals surface area contributed by atoms with E-state index in [4.69, 9.17) is 4.74 Å². The fourth-order valence-corrected chi connectivity index (χ4v) is 1.83. The zero-order chi connectivity index (χ0) is 10.5. The van der Waals surface area contributed by atoms with Gasteiger partial charge in [-0.3, -0.25) is 0 Å². The molecule has 0 aliphatic heterocycles. The Labute approximate surface area is 92.9 Å². The van der Waals surface area contributed by atoms with Crippen molar-refractivity contribution in [1.29, 1.82) is 0 Å². The first-order valence-electron chi connectivity index (χ1n) is 4.61. The van der Waals surface area contributed by atoms with Crippen molar-refractivity contribution in [2.24, 2.45) is 0 Å². The number of ether oxygens (including phenoxy) is 1. The van der Waals surface area contributed by atoms with Crippen LogP contribution in [0.2, 0.25) is 0 Å². The Bertz CT molecular complexity index is 448. The van der Waals surface area contributed by atoms with Crippen molar-refractivity contribution in [2.75, 3.05) is 7.11 Å². The number of hydrogen-bond acceptors (Lipinski definition) is 3. The van der Waals surface area contributed by atoms with Crippen molar-refractivity contribution in [3.8, 4) is 5.88 Å². The van der Waals surface area contributed by atoms with Gasteiger partial charge in [-0.05, 0) is 11.6 Å². The first-order valence-corrected chi connectivity index (χ1v) is 5.49.